The van der Waals surface area contributed by atoms with Gasteiger partial charge in [-0.1, -0.05) is 36.4 Å². The van der Waals surface area contributed by atoms with Gasteiger partial charge < -0.3 is 0 Å². The van der Waals surface area contributed by atoms with Gasteiger partial charge in [0.1, 0.15) is 0 Å². The van der Waals surface area contributed by atoms with E-state index in [4.69, 9.17) is 0 Å². The van der Waals surface area contributed by atoms with Crippen LogP contribution in [-0.4, -0.2) is 12.1 Å². The number of rotatable bonds is 2. The van der Waals surface area contributed by atoms with E-state index >= 15 is 0 Å². The lowest BCUT2D eigenvalue weighted by atomic mass is 9.95. The highest BCUT2D eigenvalue weighted by Crippen LogP contribution is 2.52. The lowest BCUT2D eigenvalue weighted by Gasteiger charge is -2.29. The zero-order valence-electron chi connectivity index (χ0n) is 9.61. The summed E-state index contributed by atoms with van der Waals surface area (Å²) < 4.78 is 89.9. The van der Waals surface area contributed by atoms with Gasteiger partial charge in [0.2, 0.25) is 0 Å². The summed E-state index contributed by atoms with van der Waals surface area (Å²) in [6, 6.07) is 9.00. The molecule has 2 rings (SSSR count). The molecule has 0 heterocycles. The zero-order valence-corrected chi connectivity index (χ0v) is 9.61. The number of halogens is 7. The smallest absolute Gasteiger partial charge is 0.194 e. The molecule has 20 heavy (non-hydrogen) atoms. The molecule has 0 N–H and O–H groups in total. The van der Waals surface area contributed by atoms with Crippen LogP contribution < -0.4 is 0 Å². The molecule has 2 aromatic rings. The third kappa shape index (κ3) is 2.01. The second-order valence-electron chi connectivity index (χ2n) is 4.09. The number of benzene rings is 2. The van der Waals surface area contributed by atoms with E-state index in [0.29, 0.717) is 6.07 Å². The van der Waals surface area contributed by atoms with E-state index in [2.05, 4.69) is 6.07 Å². The Morgan fingerprint density at radius 1 is 0.800 bits per heavy atom. The molecule has 0 spiro atoms. The molecule has 0 nitrogen and oxygen atoms in total. The molecule has 1 radical (unpaired) electrons. The Morgan fingerprint density at radius 3 is 2.00 bits per heavy atom. The van der Waals surface area contributed by atoms with E-state index in [1.807, 2.05) is 0 Å². The third-order valence-corrected chi connectivity index (χ3v) is 2.78. The van der Waals surface area contributed by atoms with Crippen LogP contribution in [0.4, 0.5) is 30.7 Å². The van der Waals surface area contributed by atoms with Crippen LogP contribution in [0.2, 0.25) is 0 Å². The van der Waals surface area contributed by atoms with E-state index in [1.165, 1.54) is 18.2 Å². The van der Waals surface area contributed by atoms with E-state index in [9.17, 15) is 30.7 Å². The van der Waals surface area contributed by atoms with Gasteiger partial charge in [0.05, 0.1) is 0 Å². The largest absolute Gasteiger partial charge is 0.460 e. The fourth-order valence-corrected chi connectivity index (χ4v) is 1.76. The Labute approximate surface area is 108 Å². The summed E-state index contributed by atoms with van der Waals surface area (Å²) in [4.78, 5) is 0. The van der Waals surface area contributed by atoms with E-state index in [1.54, 1.807) is 0 Å². The highest BCUT2D eigenvalue weighted by Gasteiger charge is 2.73. The summed E-state index contributed by atoms with van der Waals surface area (Å²) in [5.41, 5.74) is -1.40. The molecular formula is C13H6F7. The number of hydrogen-bond acceptors (Lipinski definition) is 0. The van der Waals surface area contributed by atoms with Gasteiger partial charge >= 0.3 is 18.0 Å². The van der Waals surface area contributed by atoms with Crippen LogP contribution in [0.5, 0.6) is 0 Å². The first-order valence-corrected chi connectivity index (χ1v) is 5.31. The highest BCUT2D eigenvalue weighted by molar-refractivity contribution is 5.85. The van der Waals surface area contributed by atoms with Crippen LogP contribution in [0.3, 0.4) is 0 Å². The lowest BCUT2D eigenvalue weighted by molar-refractivity contribution is -0.359. The van der Waals surface area contributed by atoms with Crippen molar-refractivity contribution in [2.45, 2.75) is 18.0 Å². The van der Waals surface area contributed by atoms with Crippen molar-refractivity contribution in [2.75, 3.05) is 0 Å². The first-order valence-electron chi connectivity index (χ1n) is 5.31. The highest BCUT2D eigenvalue weighted by atomic mass is 19.4. The molecule has 0 aromatic heterocycles. The van der Waals surface area contributed by atoms with Crippen LogP contribution in [0, 0.1) is 6.07 Å². The molecule has 0 saturated heterocycles. The van der Waals surface area contributed by atoms with Gasteiger partial charge in [-0.05, 0) is 16.8 Å². The first-order chi connectivity index (χ1) is 9.09. The molecule has 7 heteroatoms. The van der Waals surface area contributed by atoms with Crippen molar-refractivity contribution in [3.05, 3.63) is 48.0 Å². The summed E-state index contributed by atoms with van der Waals surface area (Å²) in [5.74, 6) is -11.6. The first kappa shape index (κ1) is 14.6. The average molecular weight is 295 g/mol. The molecule has 0 saturated carbocycles. The molecule has 0 unspecified atom stereocenters. The Hall–Kier alpha value is -1.79. The predicted molar refractivity (Wildman–Crippen MR) is 57.7 cm³/mol. The molecule has 0 amide bonds. The monoisotopic (exact) mass is 295 g/mol. The molecule has 0 bridgehead atoms. The van der Waals surface area contributed by atoms with Gasteiger partial charge in [-0.15, -0.1) is 0 Å². The molecule has 0 aliphatic heterocycles. The predicted octanol–water partition coefficient (Wildman–Crippen LogP) is 4.93. The van der Waals surface area contributed by atoms with Crippen molar-refractivity contribution in [1.82, 2.24) is 0 Å². The minimum atomic E-state index is -6.35. The summed E-state index contributed by atoms with van der Waals surface area (Å²) >= 11 is 0. The van der Waals surface area contributed by atoms with Crippen LogP contribution in [-0.2, 0) is 5.92 Å². The fourth-order valence-electron chi connectivity index (χ4n) is 1.76. The van der Waals surface area contributed by atoms with Gasteiger partial charge in [-0.25, -0.2) is 0 Å². The van der Waals surface area contributed by atoms with Crippen molar-refractivity contribution >= 4 is 10.8 Å². The van der Waals surface area contributed by atoms with E-state index in [-0.39, 0.29) is 5.39 Å². The van der Waals surface area contributed by atoms with Crippen LogP contribution in [0.1, 0.15) is 5.56 Å². The van der Waals surface area contributed by atoms with Crippen molar-refractivity contribution < 1.29 is 30.7 Å². The van der Waals surface area contributed by atoms with Gasteiger partial charge in [0.25, 0.3) is 0 Å². The topological polar surface area (TPSA) is 0 Å². The molecule has 0 atom stereocenters. The van der Waals surface area contributed by atoms with E-state index < -0.39 is 29.0 Å². The summed E-state index contributed by atoms with van der Waals surface area (Å²) in [6.07, 6.45) is -6.35. The second-order valence-corrected chi connectivity index (χ2v) is 4.09. The minimum absolute atomic E-state index is 0.0997. The Balaban J connectivity index is 2.69. The SMILES string of the molecule is FC(F)(F)C(F)(F)C(F)(F)c1cccc2ccc[c]c12. The van der Waals surface area contributed by atoms with Gasteiger partial charge in [0, 0.05) is 5.56 Å². The number of hydrogen-bond donors (Lipinski definition) is 0. The maximum atomic E-state index is 13.7. The summed E-state index contributed by atoms with van der Waals surface area (Å²) in [6.45, 7) is 0. The van der Waals surface area contributed by atoms with Crippen LogP contribution in [0.25, 0.3) is 10.8 Å². The fraction of sp³-hybridized carbons (Fsp3) is 0.231. The van der Waals surface area contributed by atoms with Gasteiger partial charge in [-0.2, -0.15) is 30.7 Å². The minimum Gasteiger partial charge on any atom is -0.194 e. The quantitative estimate of drug-likeness (QED) is 0.689. The van der Waals surface area contributed by atoms with Gasteiger partial charge in [0.15, 0.2) is 0 Å². The summed E-state index contributed by atoms with van der Waals surface area (Å²) in [5, 5.41) is -0.369. The standard InChI is InChI=1S/C13H6F7/c14-11(15,12(16,17)13(18,19)20)10-7-3-5-8-4-1-2-6-9(8)10/h1-5,7H. The number of alkyl halides is 7. The Kier molecular flexibility index (Phi) is 3.19. The third-order valence-electron chi connectivity index (χ3n) is 2.78. The molecule has 107 valence electrons. The van der Waals surface area contributed by atoms with Crippen molar-refractivity contribution in [3.8, 4) is 0 Å². The maximum Gasteiger partial charge on any atom is 0.460 e. The molecule has 2 aromatic carbocycles. The number of fused-ring (bicyclic) bond motifs is 1. The van der Waals surface area contributed by atoms with Crippen LogP contribution >= 0.6 is 0 Å². The second kappa shape index (κ2) is 4.36. The molecule has 0 fully saturated rings. The zero-order chi connectivity index (χ0) is 15.2. The van der Waals surface area contributed by atoms with Crippen molar-refractivity contribution in [1.29, 1.82) is 0 Å². The normalized spacial score (nSPS) is 13.8. The summed E-state index contributed by atoms with van der Waals surface area (Å²) in [7, 11) is 0. The van der Waals surface area contributed by atoms with Gasteiger partial charge in [-0.3, -0.25) is 0 Å². The molecule has 0 aliphatic carbocycles. The maximum absolute atomic E-state index is 13.7. The van der Waals surface area contributed by atoms with E-state index in [0.717, 1.165) is 12.1 Å². The van der Waals surface area contributed by atoms with Crippen LogP contribution in [0.15, 0.2) is 36.4 Å². The molecular weight excluding hydrogens is 289 g/mol. The average Bonchev–Trinajstić information content (AvgIpc) is 2.36. The lowest BCUT2D eigenvalue weighted by Crippen LogP contribution is -2.50. The van der Waals surface area contributed by atoms with Crippen molar-refractivity contribution in [2.24, 2.45) is 0 Å². The molecule has 0 aliphatic rings. The Morgan fingerprint density at radius 2 is 1.40 bits per heavy atom. The Bertz CT molecular complexity index is 623. The van der Waals surface area contributed by atoms with Crippen molar-refractivity contribution in [3.63, 3.8) is 0 Å².